The zero-order valence-corrected chi connectivity index (χ0v) is 20.6. The van der Waals surface area contributed by atoms with Gasteiger partial charge in [-0.2, -0.15) is 0 Å². The molecule has 3 atom stereocenters. The molecule has 9 nitrogen and oxygen atoms in total. The fourth-order valence-corrected chi connectivity index (χ4v) is 4.86. The highest BCUT2D eigenvalue weighted by atomic mass is 19.1. The molecule has 0 N–H and O–H groups in total. The zero-order chi connectivity index (χ0) is 25.7. The average Bonchev–Trinajstić information content (AvgIpc) is 3.33. The van der Waals surface area contributed by atoms with Crippen molar-refractivity contribution in [3.8, 4) is 5.75 Å². The first kappa shape index (κ1) is 26.1. The number of amides is 2. The van der Waals surface area contributed by atoms with Crippen LogP contribution >= 0.6 is 0 Å². The van der Waals surface area contributed by atoms with E-state index >= 15 is 4.39 Å². The summed E-state index contributed by atoms with van der Waals surface area (Å²) in [6, 6.07) is 1.99. The minimum atomic E-state index is -0.894. The summed E-state index contributed by atoms with van der Waals surface area (Å²) in [6.45, 7) is 6.15. The van der Waals surface area contributed by atoms with Crippen LogP contribution in [0, 0.1) is 5.82 Å². The summed E-state index contributed by atoms with van der Waals surface area (Å²) in [5, 5.41) is 0. The van der Waals surface area contributed by atoms with E-state index in [1.807, 2.05) is 0 Å². The van der Waals surface area contributed by atoms with Crippen molar-refractivity contribution in [2.45, 2.75) is 70.4 Å². The molecular formula is C26H33FN2O7. The first-order valence-electron chi connectivity index (χ1n) is 12.5. The third kappa shape index (κ3) is 5.70. The molecule has 196 valence electrons. The number of benzene rings is 1. The minimum Gasteiger partial charge on any atom is -0.490 e. The third-order valence-corrected chi connectivity index (χ3v) is 6.57. The summed E-state index contributed by atoms with van der Waals surface area (Å²) in [6.07, 6.45) is 3.83. The SMILES string of the molecule is C=CCOC(=O)N1c2cc(OCCCC(C)=O)c(F)cc2C(=O)N2CCC[C@H]2C1OC1CCCCO1. The summed E-state index contributed by atoms with van der Waals surface area (Å²) in [5.74, 6) is -1.23. The van der Waals surface area contributed by atoms with Gasteiger partial charge in [-0.1, -0.05) is 12.7 Å². The Balaban J connectivity index is 1.74. The second-order valence-corrected chi connectivity index (χ2v) is 9.22. The van der Waals surface area contributed by atoms with Crippen molar-refractivity contribution < 1.29 is 37.7 Å². The van der Waals surface area contributed by atoms with Crippen molar-refractivity contribution in [1.82, 2.24) is 4.90 Å². The maximum absolute atomic E-state index is 15.1. The van der Waals surface area contributed by atoms with Crippen LogP contribution in [0.25, 0.3) is 0 Å². The van der Waals surface area contributed by atoms with Crippen molar-refractivity contribution >= 4 is 23.5 Å². The van der Waals surface area contributed by atoms with Crippen molar-refractivity contribution in [2.24, 2.45) is 0 Å². The van der Waals surface area contributed by atoms with Crippen LogP contribution in [0.15, 0.2) is 24.8 Å². The van der Waals surface area contributed by atoms with Gasteiger partial charge in [0.2, 0.25) is 0 Å². The van der Waals surface area contributed by atoms with Gasteiger partial charge in [0.15, 0.2) is 24.1 Å². The normalized spacial score (nSPS) is 23.5. The van der Waals surface area contributed by atoms with E-state index in [1.165, 1.54) is 24.0 Å². The van der Waals surface area contributed by atoms with Crippen LogP contribution in [-0.4, -0.2) is 67.6 Å². The lowest BCUT2D eigenvalue weighted by molar-refractivity contribution is -0.195. The van der Waals surface area contributed by atoms with Gasteiger partial charge in [-0.05, 0) is 51.5 Å². The highest BCUT2D eigenvalue weighted by Crippen LogP contribution is 2.40. The quantitative estimate of drug-likeness (QED) is 0.368. The average molecular weight is 505 g/mol. The Morgan fingerprint density at radius 3 is 2.81 bits per heavy atom. The fraction of sp³-hybridized carbons (Fsp3) is 0.577. The molecule has 3 aliphatic rings. The molecular weight excluding hydrogens is 471 g/mol. The molecule has 1 aromatic rings. The van der Waals surface area contributed by atoms with E-state index in [-0.39, 0.29) is 41.9 Å². The number of carbonyl (C=O) groups excluding carboxylic acids is 3. The van der Waals surface area contributed by atoms with Crippen LogP contribution in [-0.2, 0) is 19.0 Å². The van der Waals surface area contributed by atoms with Crippen LogP contribution in [0.5, 0.6) is 5.75 Å². The molecule has 1 aromatic carbocycles. The first-order chi connectivity index (χ1) is 17.4. The van der Waals surface area contributed by atoms with Gasteiger partial charge in [-0.15, -0.1) is 0 Å². The van der Waals surface area contributed by atoms with Gasteiger partial charge in [0.1, 0.15) is 12.4 Å². The summed E-state index contributed by atoms with van der Waals surface area (Å²) < 4.78 is 38.2. The molecule has 4 rings (SSSR count). The topological polar surface area (TPSA) is 94.6 Å². The highest BCUT2D eigenvalue weighted by Gasteiger charge is 2.47. The number of nitrogens with zero attached hydrogens (tertiary/aromatic N) is 2. The number of rotatable bonds is 9. The van der Waals surface area contributed by atoms with E-state index in [0.717, 1.165) is 25.3 Å². The Morgan fingerprint density at radius 1 is 1.25 bits per heavy atom. The van der Waals surface area contributed by atoms with E-state index in [0.29, 0.717) is 38.8 Å². The van der Waals surface area contributed by atoms with Gasteiger partial charge in [0, 0.05) is 25.6 Å². The highest BCUT2D eigenvalue weighted by molar-refractivity contribution is 6.05. The number of hydrogen-bond donors (Lipinski definition) is 0. The molecule has 0 radical (unpaired) electrons. The lowest BCUT2D eigenvalue weighted by atomic mass is 10.1. The Hall–Kier alpha value is -2.98. The van der Waals surface area contributed by atoms with Crippen LogP contribution in [0.1, 0.15) is 62.2 Å². The molecule has 0 aliphatic carbocycles. The van der Waals surface area contributed by atoms with Crippen molar-refractivity contribution in [3.05, 3.63) is 36.2 Å². The van der Waals surface area contributed by atoms with Gasteiger partial charge in [-0.25, -0.2) is 14.1 Å². The third-order valence-electron chi connectivity index (χ3n) is 6.57. The summed E-state index contributed by atoms with van der Waals surface area (Å²) in [5.41, 5.74) is 0.175. The van der Waals surface area contributed by atoms with E-state index in [9.17, 15) is 14.4 Å². The summed E-state index contributed by atoms with van der Waals surface area (Å²) in [4.78, 5) is 41.1. The Kier molecular flexibility index (Phi) is 8.58. The van der Waals surface area contributed by atoms with Crippen molar-refractivity contribution in [1.29, 1.82) is 0 Å². The number of halogens is 1. The van der Waals surface area contributed by atoms with E-state index < -0.39 is 30.5 Å². The maximum atomic E-state index is 15.1. The molecule has 2 saturated heterocycles. The van der Waals surface area contributed by atoms with Gasteiger partial charge in [-0.3, -0.25) is 4.79 Å². The number of fused-ring (bicyclic) bond motifs is 2. The van der Waals surface area contributed by atoms with E-state index in [4.69, 9.17) is 18.9 Å². The molecule has 2 unspecified atom stereocenters. The second-order valence-electron chi connectivity index (χ2n) is 9.22. The Bertz CT molecular complexity index is 995. The van der Waals surface area contributed by atoms with Gasteiger partial charge in [0.05, 0.1) is 23.9 Å². The van der Waals surface area contributed by atoms with Crippen molar-refractivity contribution in [2.75, 3.05) is 31.3 Å². The second kappa shape index (κ2) is 11.8. The lowest BCUT2D eigenvalue weighted by Gasteiger charge is -2.38. The van der Waals surface area contributed by atoms with Crippen LogP contribution in [0.3, 0.4) is 0 Å². The van der Waals surface area contributed by atoms with Gasteiger partial charge in [0.25, 0.3) is 5.91 Å². The molecule has 3 heterocycles. The van der Waals surface area contributed by atoms with Gasteiger partial charge < -0.3 is 28.6 Å². The number of hydrogen-bond acceptors (Lipinski definition) is 7. The standard InChI is InChI=1S/C26H33FN2O7/c1-3-12-35-26(32)29-21-16-22(33-14-7-8-17(2)30)19(27)15-18(21)24(31)28-11-6-9-20(28)25(29)36-23-10-4-5-13-34-23/h3,15-16,20,23,25H,1,4-14H2,2H3/t20-,23?,25?/m0/s1. The van der Waals surface area contributed by atoms with Gasteiger partial charge >= 0.3 is 6.09 Å². The molecule has 2 fully saturated rings. The molecule has 2 amide bonds. The number of anilines is 1. The monoisotopic (exact) mass is 504 g/mol. The molecule has 0 bridgehead atoms. The molecule has 10 heteroatoms. The molecule has 3 aliphatic heterocycles. The summed E-state index contributed by atoms with van der Waals surface area (Å²) >= 11 is 0. The Labute approximate surface area is 210 Å². The molecule has 0 aromatic heterocycles. The van der Waals surface area contributed by atoms with Crippen LogP contribution in [0.4, 0.5) is 14.9 Å². The number of ether oxygens (including phenoxy) is 4. The van der Waals surface area contributed by atoms with E-state index in [1.54, 1.807) is 4.90 Å². The predicted molar refractivity (Wildman–Crippen MR) is 128 cm³/mol. The van der Waals surface area contributed by atoms with Crippen LogP contribution in [0.2, 0.25) is 0 Å². The minimum absolute atomic E-state index is 0.00764. The van der Waals surface area contributed by atoms with Crippen molar-refractivity contribution in [3.63, 3.8) is 0 Å². The first-order valence-corrected chi connectivity index (χ1v) is 12.5. The number of ketones is 1. The molecule has 0 saturated carbocycles. The van der Waals surface area contributed by atoms with Crippen LogP contribution < -0.4 is 9.64 Å². The molecule has 0 spiro atoms. The summed E-state index contributed by atoms with van der Waals surface area (Å²) in [7, 11) is 0. The largest absolute Gasteiger partial charge is 0.490 e. The molecule has 36 heavy (non-hydrogen) atoms. The lowest BCUT2D eigenvalue weighted by Crippen LogP contribution is -2.54. The Morgan fingerprint density at radius 2 is 2.08 bits per heavy atom. The zero-order valence-electron chi connectivity index (χ0n) is 20.6. The maximum Gasteiger partial charge on any atom is 0.416 e. The predicted octanol–water partition coefficient (Wildman–Crippen LogP) is 4.19. The number of Topliss-reactive ketones (excluding diaryl/α,β-unsaturated/α-hetero) is 1. The number of carbonyl (C=O) groups is 3. The fourth-order valence-electron chi connectivity index (χ4n) is 4.86. The smallest absolute Gasteiger partial charge is 0.416 e. The van der Waals surface area contributed by atoms with E-state index in [2.05, 4.69) is 6.58 Å².